The third-order valence-corrected chi connectivity index (χ3v) is 1.68. The maximum atomic E-state index is 8.74. The Morgan fingerprint density at radius 2 is 2.00 bits per heavy atom. The van der Waals surface area contributed by atoms with Gasteiger partial charge in [0.2, 0.25) is 5.82 Å². The first-order chi connectivity index (χ1) is 6.83. The molecule has 0 amide bonds. The summed E-state index contributed by atoms with van der Waals surface area (Å²) >= 11 is 0. The first-order valence-corrected chi connectivity index (χ1v) is 3.83. The van der Waals surface area contributed by atoms with Crippen molar-refractivity contribution in [1.29, 1.82) is 5.26 Å². The minimum absolute atomic E-state index is 0.234. The average molecular weight is 186 g/mol. The van der Waals surface area contributed by atoms with E-state index in [2.05, 4.69) is 15.0 Å². The van der Waals surface area contributed by atoms with Crippen LogP contribution in [-0.4, -0.2) is 19.5 Å². The molecule has 0 saturated heterocycles. The molecule has 2 aromatic rings. The smallest absolute Gasteiger partial charge is 0.218 e. The number of nitriles is 1. The molecule has 0 unspecified atom stereocenters. The highest BCUT2D eigenvalue weighted by Gasteiger charge is 2.08. The van der Waals surface area contributed by atoms with E-state index in [1.165, 1.54) is 23.2 Å². The highest BCUT2D eigenvalue weighted by Crippen LogP contribution is 2.11. The van der Waals surface area contributed by atoms with Gasteiger partial charge in [-0.3, -0.25) is 4.57 Å². The number of nitrogen functional groups attached to an aromatic ring is 1. The van der Waals surface area contributed by atoms with Crippen LogP contribution < -0.4 is 5.73 Å². The van der Waals surface area contributed by atoms with Crippen LogP contribution >= 0.6 is 0 Å². The normalized spacial score (nSPS) is 9.64. The van der Waals surface area contributed by atoms with E-state index in [4.69, 9.17) is 11.0 Å². The molecule has 2 N–H and O–H groups in total. The standard InChI is InChI=1S/C8H6N6/c9-5-6-11-3-4-14(6)8-7(10)12-1-2-13-8/h1-4H,(H2,10,12). The van der Waals surface area contributed by atoms with E-state index in [-0.39, 0.29) is 11.6 Å². The molecular formula is C8H6N6. The maximum Gasteiger partial charge on any atom is 0.218 e. The van der Waals surface area contributed by atoms with Gasteiger partial charge in [-0.15, -0.1) is 0 Å². The minimum atomic E-state index is 0.234. The van der Waals surface area contributed by atoms with Crippen LogP contribution in [0.2, 0.25) is 0 Å². The Balaban J connectivity index is 2.62. The second-order valence-corrected chi connectivity index (χ2v) is 2.50. The quantitative estimate of drug-likeness (QED) is 0.682. The van der Waals surface area contributed by atoms with Crippen LogP contribution in [0.15, 0.2) is 24.8 Å². The van der Waals surface area contributed by atoms with Gasteiger partial charge in [0.15, 0.2) is 11.6 Å². The van der Waals surface area contributed by atoms with Crippen molar-refractivity contribution < 1.29 is 0 Å². The molecule has 0 aromatic carbocycles. The number of hydrogen-bond donors (Lipinski definition) is 1. The Kier molecular flexibility index (Phi) is 1.84. The van der Waals surface area contributed by atoms with Crippen molar-refractivity contribution in [2.24, 2.45) is 0 Å². The molecular weight excluding hydrogens is 180 g/mol. The van der Waals surface area contributed by atoms with Crippen molar-refractivity contribution in [3.8, 4) is 11.9 Å². The van der Waals surface area contributed by atoms with Gasteiger partial charge in [-0.2, -0.15) is 5.26 Å². The van der Waals surface area contributed by atoms with Crippen molar-refractivity contribution >= 4 is 5.82 Å². The average Bonchev–Trinajstić information content (AvgIpc) is 2.66. The third-order valence-electron chi connectivity index (χ3n) is 1.68. The number of imidazole rings is 1. The molecule has 0 radical (unpaired) electrons. The Labute approximate surface area is 79.7 Å². The van der Waals surface area contributed by atoms with Crippen LogP contribution in [0.1, 0.15) is 5.82 Å². The van der Waals surface area contributed by atoms with Crippen molar-refractivity contribution in [2.75, 3.05) is 5.73 Å². The summed E-state index contributed by atoms with van der Waals surface area (Å²) in [6.45, 7) is 0. The summed E-state index contributed by atoms with van der Waals surface area (Å²) in [6.07, 6.45) is 6.11. The Morgan fingerprint density at radius 1 is 1.21 bits per heavy atom. The molecule has 0 saturated carbocycles. The van der Waals surface area contributed by atoms with Gasteiger partial charge in [0.25, 0.3) is 0 Å². The molecule has 0 bridgehead atoms. The highest BCUT2D eigenvalue weighted by atomic mass is 15.1. The molecule has 0 aliphatic carbocycles. The number of nitrogens with zero attached hydrogens (tertiary/aromatic N) is 5. The molecule has 0 aliphatic heterocycles. The molecule has 0 spiro atoms. The number of hydrogen-bond acceptors (Lipinski definition) is 5. The molecule has 0 fully saturated rings. The monoisotopic (exact) mass is 186 g/mol. The Hall–Kier alpha value is -2.42. The maximum absolute atomic E-state index is 8.74. The lowest BCUT2D eigenvalue weighted by Crippen LogP contribution is -2.05. The SMILES string of the molecule is N#Cc1nccn1-c1nccnc1N. The molecule has 2 heterocycles. The van der Waals surface area contributed by atoms with Crippen LogP contribution in [-0.2, 0) is 0 Å². The molecule has 68 valence electrons. The van der Waals surface area contributed by atoms with Gasteiger partial charge >= 0.3 is 0 Å². The van der Waals surface area contributed by atoms with E-state index in [1.807, 2.05) is 6.07 Å². The van der Waals surface area contributed by atoms with Gasteiger partial charge in [-0.25, -0.2) is 15.0 Å². The van der Waals surface area contributed by atoms with Crippen molar-refractivity contribution in [3.63, 3.8) is 0 Å². The number of aromatic nitrogens is 4. The van der Waals surface area contributed by atoms with E-state index in [9.17, 15) is 0 Å². The predicted octanol–water partition coefficient (Wildman–Crippen LogP) is 0.116. The van der Waals surface area contributed by atoms with E-state index < -0.39 is 0 Å². The van der Waals surface area contributed by atoms with E-state index in [0.29, 0.717) is 5.82 Å². The fourth-order valence-electron chi connectivity index (χ4n) is 1.08. The lowest BCUT2D eigenvalue weighted by atomic mass is 10.5. The fourth-order valence-corrected chi connectivity index (χ4v) is 1.08. The second-order valence-electron chi connectivity index (χ2n) is 2.50. The third kappa shape index (κ3) is 1.17. The van der Waals surface area contributed by atoms with Crippen molar-refractivity contribution in [2.45, 2.75) is 0 Å². The molecule has 14 heavy (non-hydrogen) atoms. The number of anilines is 1. The van der Waals surface area contributed by atoms with E-state index in [0.717, 1.165) is 0 Å². The zero-order chi connectivity index (χ0) is 9.97. The van der Waals surface area contributed by atoms with Crippen LogP contribution in [0, 0.1) is 11.3 Å². The summed E-state index contributed by atoms with van der Waals surface area (Å²) in [7, 11) is 0. The summed E-state index contributed by atoms with van der Waals surface area (Å²) in [6, 6.07) is 1.93. The highest BCUT2D eigenvalue weighted by molar-refractivity contribution is 5.47. The fraction of sp³-hybridized carbons (Fsp3) is 0. The van der Waals surface area contributed by atoms with Gasteiger partial charge < -0.3 is 5.73 Å². The van der Waals surface area contributed by atoms with Crippen LogP contribution in [0.5, 0.6) is 0 Å². The van der Waals surface area contributed by atoms with Gasteiger partial charge in [0.05, 0.1) is 0 Å². The molecule has 6 heteroatoms. The van der Waals surface area contributed by atoms with Gasteiger partial charge in [-0.1, -0.05) is 0 Å². The van der Waals surface area contributed by atoms with E-state index in [1.54, 1.807) is 6.20 Å². The topological polar surface area (TPSA) is 93.4 Å². The summed E-state index contributed by atoms with van der Waals surface area (Å²) in [4.78, 5) is 11.7. The van der Waals surface area contributed by atoms with Crippen molar-refractivity contribution in [1.82, 2.24) is 19.5 Å². The van der Waals surface area contributed by atoms with Gasteiger partial charge in [-0.05, 0) is 0 Å². The zero-order valence-electron chi connectivity index (χ0n) is 7.12. The molecule has 2 rings (SSSR count). The molecule has 6 nitrogen and oxygen atoms in total. The first kappa shape index (κ1) is 8.19. The number of rotatable bonds is 1. The minimum Gasteiger partial charge on any atom is -0.381 e. The summed E-state index contributed by atoms with van der Waals surface area (Å²) < 4.78 is 1.49. The largest absolute Gasteiger partial charge is 0.381 e. The van der Waals surface area contributed by atoms with Crippen LogP contribution in [0.25, 0.3) is 5.82 Å². The number of nitrogens with two attached hydrogens (primary N) is 1. The predicted molar refractivity (Wildman–Crippen MR) is 48.3 cm³/mol. The molecule has 2 aromatic heterocycles. The summed E-state index contributed by atoms with van der Waals surface area (Å²) in [5.74, 6) is 0.917. The lowest BCUT2D eigenvalue weighted by Gasteiger charge is -2.03. The first-order valence-electron chi connectivity index (χ1n) is 3.83. The van der Waals surface area contributed by atoms with Crippen molar-refractivity contribution in [3.05, 3.63) is 30.6 Å². The Morgan fingerprint density at radius 3 is 2.71 bits per heavy atom. The molecule has 0 aliphatic rings. The van der Waals surface area contributed by atoms with Crippen LogP contribution in [0.3, 0.4) is 0 Å². The zero-order valence-corrected chi connectivity index (χ0v) is 7.12. The van der Waals surface area contributed by atoms with Crippen LogP contribution in [0.4, 0.5) is 5.82 Å². The second kappa shape index (κ2) is 3.14. The van der Waals surface area contributed by atoms with Gasteiger partial charge in [0, 0.05) is 24.8 Å². The summed E-state index contributed by atoms with van der Waals surface area (Å²) in [5, 5.41) is 8.74. The lowest BCUT2D eigenvalue weighted by molar-refractivity contribution is 0.955. The van der Waals surface area contributed by atoms with Gasteiger partial charge in [0.1, 0.15) is 6.07 Å². The Bertz CT molecular complexity index is 495. The summed E-state index contributed by atoms with van der Waals surface area (Å²) in [5.41, 5.74) is 5.60. The van der Waals surface area contributed by atoms with E-state index >= 15 is 0 Å². The molecule has 0 atom stereocenters.